The summed E-state index contributed by atoms with van der Waals surface area (Å²) >= 11 is 3.23. The molecule has 1 heterocycles. The Balaban J connectivity index is 2.73. The number of hydrogen-bond acceptors (Lipinski definition) is 2. The predicted octanol–water partition coefficient (Wildman–Crippen LogP) is 3.29. The number of nitrogens with zero attached hydrogens (tertiary/aromatic N) is 2. The van der Waals surface area contributed by atoms with Gasteiger partial charge < -0.3 is 0 Å². The molecule has 0 atom stereocenters. The second kappa shape index (κ2) is 5.25. The van der Waals surface area contributed by atoms with E-state index in [1.165, 1.54) is 0 Å². The number of aromatic nitrogens is 2. The SMILES string of the molecule is FC(F)(F)c1ncc(/C=C/CCBr)cn1. The summed E-state index contributed by atoms with van der Waals surface area (Å²) in [5.74, 6) is -1.11. The average molecular weight is 281 g/mol. The highest BCUT2D eigenvalue weighted by Crippen LogP contribution is 2.25. The molecule has 0 aliphatic rings. The minimum absolute atomic E-state index is 0.559. The molecule has 0 saturated heterocycles. The molecule has 1 aromatic rings. The lowest BCUT2D eigenvalue weighted by Crippen LogP contribution is -2.10. The fourth-order valence-corrected chi connectivity index (χ4v) is 1.12. The highest BCUT2D eigenvalue weighted by molar-refractivity contribution is 9.09. The molecular weight excluding hydrogens is 273 g/mol. The van der Waals surface area contributed by atoms with Crippen molar-refractivity contribution in [2.45, 2.75) is 12.6 Å². The zero-order chi connectivity index (χ0) is 11.3. The molecule has 82 valence electrons. The van der Waals surface area contributed by atoms with Gasteiger partial charge >= 0.3 is 6.18 Å². The quantitative estimate of drug-likeness (QED) is 0.794. The first-order valence-corrected chi connectivity index (χ1v) is 5.28. The van der Waals surface area contributed by atoms with Crippen molar-refractivity contribution in [3.05, 3.63) is 29.9 Å². The summed E-state index contributed by atoms with van der Waals surface area (Å²) in [4.78, 5) is 6.46. The van der Waals surface area contributed by atoms with Gasteiger partial charge in [0.2, 0.25) is 5.82 Å². The molecule has 0 bridgehead atoms. The Bertz CT molecular complexity index is 332. The molecule has 1 rings (SSSR count). The Morgan fingerprint density at radius 2 is 1.87 bits per heavy atom. The van der Waals surface area contributed by atoms with E-state index < -0.39 is 12.0 Å². The van der Waals surface area contributed by atoms with Crippen LogP contribution in [0.5, 0.6) is 0 Å². The summed E-state index contributed by atoms with van der Waals surface area (Å²) < 4.78 is 36.2. The van der Waals surface area contributed by atoms with Gasteiger partial charge in [0.05, 0.1) is 0 Å². The summed E-state index contributed by atoms with van der Waals surface area (Å²) in [5, 5.41) is 0.811. The Morgan fingerprint density at radius 1 is 1.27 bits per heavy atom. The Morgan fingerprint density at radius 3 is 2.33 bits per heavy atom. The van der Waals surface area contributed by atoms with E-state index in [9.17, 15) is 13.2 Å². The number of hydrogen-bond donors (Lipinski definition) is 0. The van der Waals surface area contributed by atoms with E-state index in [1.807, 2.05) is 6.08 Å². The van der Waals surface area contributed by atoms with Crippen molar-refractivity contribution in [1.82, 2.24) is 9.97 Å². The van der Waals surface area contributed by atoms with Gasteiger partial charge in [0.25, 0.3) is 0 Å². The molecule has 0 aromatic carbocycles. The fraction of sp³-hybridized carbons (Fsp3) is 0.333. The van der Waals surface area contributed by atoms with Gasteiger partial charge in [-0.05, 0) is 6.42 Å². The van der Waals surface area contributed by atoms with Crippen LogP contribution in [0.1, 0.15) is 17.8 Å². The molecule has 0 aliphatic heterocycles. The summed E-state index contributed by atoms with van der Waals surface area (Å²) in [7, 11) is 0. The van der Waals surface area contributed by atoms with Gasteiger partial charge in [0, 0.05) is 23.3 Å². The van der Waals surface area contributed by atoms with Crippen LogP contribution < -0.4 is 0 Å². The van der Waals surface area contributed by atoms with Crippen LogP contribution in [0.4, 0.5) is 13.2 Å². The van der Waals surface area contributed by atoms with Crippen LogP contribution in [0.3, 0.4) is 0 Å². The van der Waals surface area contributed by atoms with E-state index in [2.05, 4.69) is 25.9 Å². The molecular formula is C9H8BrF3N2. The lowest BCUT2D eigenvalue weighted by atomic mass is 10.3. The molecule has 0 unspecified atom stereocenters. The van der Waals surface area contributed by atoms with Crippen molar-refractivity contribution in [3.63, 3.8) is 0 Å². The summed E-state index contributed by atoms with van der Waals surface area (Å²) in [6.07, 6.45) is 2.16. The third-order valence-electron chi connectivity index (χ3n) is 1.51. The molecule has 0 radical (unpaired) electrons. The Kier molecular flexibility index (Phi) is 4.26. The maximum Gasteiger partial charge on any atom is 0.451 e. The van der Waals surface area contributed by atoms with Crippen LogP contribution in [0.2, 0.25) is 0 Å². The first-order chi connectivity index (χ1) is 7.04. The molecule has 0 fully saturated rings. The van der Waals surface area contributed by atoms with E-state index in [1.54, 1.807) is 6.08 Å². The van der Waals surface area contributed by atoms with Gasteiger partial charge in [0.15, 0.2) is 0 Å². The second-order valence-corrected chi connectivity index (χ2v) is 3.51. The van der Waals surface area contributed by atoms with E-state index in [-0.39, 0.29) is 0 Å². The van der Waals surface area contributed by atoms with E-state index in [0.29, 0.717) is 5.56 Å². The Labute approximate surface area is 93.4 Å². The van der Waals surface area contributed by atoms with Crippen LogP contribution in [-0.2, 0) is 6.18 Å². The number of rotatable bonds is 3. The summed E-state index contributed by atoms with van der Waals surface area (Å²) in [6, 6.07) is 0. The minimum Gasteiger partial charge on any atom is -0.232 e. The molecule has 6 heteroatoms. The Hall–Kier alpha value is -0.910. The normalized spacial score (nSPS) is 12.3. The van der Waals surface area contributed by atoms with Crippen LogP contribution in [-0.4, -0.2) is 15.3 Å². The monoisotopic (exact) mass is 280 g/mol. The molecule has 0 spiro atoms. The van der Waals surface area contributed by atoms with Crippen molar-refractivity contribution in [3.8, 4) is 0 Å². The average Bonchev–Trinajstić information content (AvgIpc) is 2.18. The number of alkyl halides is 4. The molecule has 0 N–H and O–H groups in total. The first kappa shape index (κ1) is 12.2. The van der Waals surface area contributed by atoms with Crippen molar-refractivity contribution in [1.29, 1.82) is 0 Å². The smallest absolute Gasteiger partial charge is 0.232 e. The summed E-state index contributed by atoms with van der Waals surface area (Å²) in [5.41, 5.74) is 0.559. The fourth-order valence-electron chi connectivity index (χ4n) is 0.853. The lowest BCUT2D eigenvalue weighted by molar-refractivity contribution is -0.145. The van der Waals surface area contributed by atoms with E-state index in [4.69, 9.17) is 0 Å². The maximum absolute atomic E-state index is 12.1. The van der Waals surface area contributed by atoms with Crippen LogP contribution >= 0.6 is 15.9 Å². The summed E-state index contributed by atoms with van der Waals surface area (Å²) in [6.45, 7) is 0. The van der Waals surface area contributed by atoms with Crippen LogP contribution in [0, 0.1) is 0 Å². The third-order valence-corrected chi connectivity index (χ3v) is 1.97. The van der Waals surface area contributed by atoms with E-state index >= 15 is 0 Å². The standard InChI is InChI=1S/C9H8BrF3N2/c10-4-2-1-3-7-5-14-8(15-6-7)9(11,12)13/h1,3,5-6H,2,4H2/b3-1+. The number of halogens is 4. The second-order valence-electron chi connectivity index (χ2n) is 2.72. The largest absolute Gasteiger partial charge is 0.451 e. The van der Waals surface area contributed by atoms with Gasteiger partial charge in [0.1, 0.15) is 0 Å². The zero-order valence-corrected chi connectivity index (χ0v) is 9.22. The van der Waals surface area contributed by atoms with Gasteiger partial charge in [-0.1, -0.05) is 28.1 Å². The molecule has 0 amide bonds. The van der Waals surface area contributed by atoms with Crippen molar-refractivity contribution in [2.24, 2.45) is 0 Å². The van der Waals surface area contributed by atoms with Crippen LogP contribution in [0.25, 0.3) is 6.08 Å². The molecule has 15 heavy (non-hydrogen) atoms. The molecule has 2 nitrogen and oxygen atoms in total. The highest BCUT2D eigenvalue weighted by atomic mass is 79.9. The molecule has 1 aromatic heterocycles. The van der Waals surface area contributed by atoms with Gasteiger partial charge in [-0.3, -0.25) is 0 Å². The molecule has 0 aliphatic carbocycles. The highest BCUT2D eigenvalue weighted by Gasteiger charge is 2.34. The van der Waals surface area contributed by atoms with Crippen molar-refractivity contribution < 1.29 is 13.2 Å². The lowest BCUT2D eigenvalue weighted by Gasteiger charge is -2.03. The maximum atomic E-state index is 12.1. The van der Waals surface area contributed by atoms with Gasteiger partial charge in [-0.15, -0.1) is 0 Å². The first-order valence-electron chi connectivity index (χ1n) is 4.16. The zero-order valence-electron chi connectivity index (χ0n) is 7.63. The minimum atomic E-state index is -4.47. The topological polar surface area (TPSA) is 25.8 Å². The predicted molar refractivity (Wildman–Crippen MR) is 54.5 cm³/mol. The molecule has 0 saturated carbocycles. The third kappa shape index (κ3) is 3.99. The number of allylic oxidation sites excluding steroid dienone is 1. The van der Waals surface area contributed by atoms with Crippen LogP contribution in [0.15, 0.2) is 18.5 Å². The van der Waals surface area contributed by atoms with Crippen molar-refractivity contribution in [2.75, 3.05) is 5.33 Å². The van der Waals surface area contributed by atoms with Gasteiger partial charge in [-0.2, -0.15) is 13.2 Å². The van der Waals surface area contributed by atoms with Gasteiger partial charge in [-0.25, -0.2) is 9.97 Å². The van der Waals surface area contributed by atoms with E-state index in [0.717, 1.165) is 24.1 Å². The van der Waals surface area contributed by atoms with Crippen molar-refractivity contribution >= 4 is 22.0 Å².